The lowest BCUT2D eigenvalue weighted by molar-refractivity contribution is 1.36. The molecule has 3 nitrogen and oxygen atoms in total. The zero-order chi connectivity index (χ0) is 10.3. The number of benzene rings is 1. The minimum absolute atomic E-state index is 0.750. The van der Waals surface area contributed by atoms with Gasteiger partial charge in [0.2, 0.25) is 0 Å². The number of nitrogen functional groups attached to an aromatic ring is 1. The summed E-state index contributed by atoms with van der Waals surface area (Å²) in [5, 5.41) is 2.12. The van der Waals surface area contributed by atoms with Crippen LogP contribution in [0, 0.1) is 0 Å². The number of fused-ring (bicyclic) bond motifs is 3. The van der Waals surface area contributed by atoms with E-state index in [-0.39, 0.29) is 0 Å². The zero-order valence-electron chi connectivity index (χ0n) is 8.01. The molecule has 0 saturated carbocycles. The standard InChI is InChI=1S/C12H9N3/c13-9-3-4-10-8(6-9)7-15-11-2-1-5-14-12(10)11/h1-7H,13H2. The van der Waals surface area contributed by atoms with Gasteiger partial charge in [0, 0.05) is 28.9 Å². The molecule has 0 aliphatic carbocycles. The predicted molar refractivity (Wildman–Crippen MR) is 61.5 cm³/mol. The number of hydrogen-bond acceptors (Lipinski definition) is 3. The maximum atomic E-state index is 5.72. The van der Waals surface area contributed by atoms with Crippen molar-refractivity contribution < 1.29 is 0 Å². The van der Waals surface area contributed by atoms with E-state index >= 15 is 0 Å². The quantitative estimate of drug-likeness (QED) is 0.442. The van der Waals surface area contributed by atoms with Crippen LogP contribution in [0.1, 0.15) is 0 Å². The Morgan fingerprint density at radius 2 is 2.00 bits per heavy atom. The van der Waals surface area contributed by atoms with Gasteiger partial charge < -0.3 is 5.73 Å². The monoisotopic (exact) mass is 195 g/mol. The van der Waals surface area contributed by atoms with Gasteiger partial charge >= 0.3 is 0 Å². The molecule has 0 spiro atoms. The highest BCUT2D eigenvalue weighted by Gasteiger charge is 2.01. The minimum atomic E-state index is 0.750. The predicted octanol–water partition coefficient (Wildman–Crippen LogP) is 2.37. The van der Waals surface area contributed by atoms with E-state index in [4.69, 9.17) is 5.73 Å². The number of hydrogen-bond donors (Lipinski definition) is 1. The van der Waals surface area contributed by atoms with Gasteiger partial charge in [-0.05, 0) is 24.3 Å². The number of nitrogens with zero attached hydrogens (tertiary/aromatic N) is 2. The van der Waals surface area contributed by atoms with Gasteiger partial charge in [0.25, 0.3) is 0 Å². The normalized spacial score (nSPS) is 10.9. The van der Waals surface area contributed by atoms with Crippen LogP contribution in [0.5, 0.6) is 0 Å². The van der Waals surface area contributed by atoms with E-state index in [1.807, 2.05) is 36.5 Å². The number of rotatable bonds is 0. The van der Waals surface area contributed by atoms with Gasteiger partial charge in [-0.1, -0.05) is 6.07 Å². The van der Waals surface area contributed by atoms with Crippen LogP contribution in [0.4, 0.5) is 5.69 Å². The molecule has 1 aromatic carbocycles. The van der Waals surface area contributed by atoms with Gasteiger partial charge in [0.15, 0.2) is 0 Å². The third-order valence-electron chi connectivity index (χ3n) is 2.46. The van der Waals surface area contributed by atoms with E-state index in [2.05, 4.69) is 9.97 Å². The largest absolute Gasteiger partial charge is 0.399 e. The van der Waals surface area contributed by atoms with Crippen molar-refractivity contribution in [1.82, 2.24) is 9.97 Å². The Labute approximate surface area is 86.6 Å². The lowest BCUT2D eigenvalue weighted by Gasteiger charge is -2.02. The van der Waals surface area contributed by atoms with Crippen LogP contribution in [0.25, 0.3) is 21.8 Å². The molecule has 0 fully saturated rings. The lowest BCUT2D eigenvalue weighted by atomic mass is 10.1. The first-order valence-electron chi connectivity index (χ1n) is 4.73. The fourth-order valence-corrected chi connectivity index (χ4v) is 1.75. The molecule has 0 aliphatic rings. The van der Waals surface area contributed by atoms with Gasteiger partial charge in [0.05, 0.1) is 11.0 Å². The molecule has 2 heterocycles. The molecular weight excluding hydrogens is 186 g/mol. The van der Waals surface area contributed by atoms with Gasteiger partial charge in [-0.3, -0.25) is 9.97 Å². The summed E-state index contributed by atoms with van der Waals surface area (Å²) >= 11 is 0. The molecule has 3 heteroatoms. The third-order valence-corrected chi connectivity index (χ3v) is 2.46. The smallest absolute Gasteiger partial charge is 0.0964 e. The van der Waals surface area contributed by atoms with Gasteiger partial charge in [-0.2, -0.15) is 0 Å². The van der Waals surface area contributed by atoms with Crippen LogP contribution in [0.2, 0.25) is 0 Å². The Balaban J connectivity index is 2.55. The fraction of sp³-hybridized carbons (Fsp3) is 0. The second-order valence-corrected chi connectivity index (χ2v) is 3.48. The summed E-state index contributed by atoms with van der Waals surface area (Å²) in [6.07, 6.45) is 3.61. The molecule has 0 radical (unpaired) electrons. The van der Waals surface area contributed by atoms with E-state index in [1.54, 1.807) is 6.20 Å². The van der Waals surface area contributed by atoms with Crippen LogP contribution in [-0.2, 0) is 0 Å². The number of anilines is 1. The molecule has 0 bridgehead atoms. The Morgan fingerprint density at radius 1 is 1.07 bits per heavy atom. The SMILES string of the molecule is Nc1ccc2c(cnc3cccnc32)c1. The van der Waals surface area contributed by atoms with Gasteiger partial charge in [-0.25, -0.2) is 0 Å². The molecule has 0 aliphatic heterocycles. The van der Waals surface area contributed by atoms with E-state index in [1.165, 1.54) is 0 Å². The second-order valence-electron chi connectivity index (χ2n) is 3.48. The number of nitrogens with two attached hydrogens (primary N) is 1. The van der Waals surface area contributed by atoms with E-state index in [0.717, 1.165) is 27.5 Å². The molecule has 15 heavy (non-hydrogen) atoms. The summed E-state index contributed by atoms with van der Waals surface area (Å²) in [4.78, 5) is 8.67. The topological polar surface area (TPSA) is 51.8 Å². The third kappa shape index (κ3) is 1.21. The van der Waals surface area contributed by atoms with E-state index in [0.29, 0.717) is 0 Å². The van der Waals surface area contributed by atoms with Gasteiger partial charge in [-0.15, -0.1) is 0 Å². The van der Waals surface area contributed by atoms with Crippen LogP contribution in [-0.4, -0.2) is 9.97 Å². The summed E-state index contributed by atoms with van der Waals surface area (Å²) in [5.74, 6) is 0. The Kier molecular flexibility index (Phi) is 1.59. The van der Waals surface area contributed by atoms with Crippen molar-refractivity contribution in [3.63, 3.8) is 0 Å². The van der Waals surface area contributed by atoms with Crippen LogP contribution < -0.4 is 5.73 Å². The summed E-state index contributed by atoms with van der Waals surface area (Å²) in [6.45, 7) is 0. The first kappa shape index (κ1) is 8.17. The van der Waals surface area contributed by atoms with Crippen LogP contribution >= 0.6 is 0 Å². The lowest BCUT2D eigenvalue weighted by Crippen LogP contribution is -1.87. The molecule has 2 N–H and O–H groups in total. The Bertz CT molecular complexity index is 646. The Hall–Kier alpha value is -2.16. The van der Waals surface area contributed by atoms with Crippen molar-refractivity contribution >= 4 is 27.5 Å². The summed E-state index contributed by atoms with van der Waals surface area (Å²) in [5.41, 5.74) is 8.31. The first-order chi connectivity index (χ1) is 7.34. The van der Waals surface area contributed by atoms with Crippen LogP contribution in [0.3, 0.4) is 0 Å². The van der Waals surface area contributed by atoms with Crippen molar-refractivity contribution in [3.8, 4) is 0 Å². The maximum absolute atomic E-state index is 5.72. The van der Waals surface area contributed by atoms with Crippen molar-refractivity contribution in [2.24, 2.45) is 0 Å². The van der Waals surface area contributed by atoms with E-state index in [9.17, 15) is 0 Å². The van der Waals surface area contributed by atoms with Crippen molar-refractivity contribution in [2.45, 2.75) is 0 Å². The maximum Gasteiger partial charge on any atom is 0.0964 e. The molecule has 0 atom stereocenters. The molecule has 3 rings (SSSR count). The highest BCUT2D eigenvalue weighted by molar-refractivity contribution is 6.03. The van der Waals surface area contributed by atoms with Gasteiger partial charge in [0.1, 0.15) is 0 Å². The molecule has 0 unspecified atom stereocenters. The highest BCUT2D eigenvalue weighted by atomic mass is 14.7. The summed E-state index contributed by atoms with van der Waals surface area (Å²) in [6, 6.07) is 9.63. The first-order valence-corrected chi connectivity index (χ1v) is 4.73. The summed E-state index contributed by atoms with van der Waals surface area (Å²) < 4.78 is 0. The fourth-order valence-electron chi connectivity index (χ4n) is 1.75. The molecule has 0 amide bonds. The zero-order valence-corrected chi connectivity index (χ0v) is 8.01. The highest BCUT2D eigenvalue weighted by Crippen LogP contribution is 2.22. The van der Waals surface area contributed by atoms with Crippen molar-refractivity contribution in [1.29, 1.82) is 0 Å². The van der Waals surface area contributed by atoms with Crippen molar-refractivity contribution in [2.75, 3.05) is 5.73 Å². The molecule has 2 aromatic heterocycles. The van der Waals surface area contributed by atoms with Crippen molar-refractivity contribution in [3.05, 3.63) is 42.7 Å². The second kappa shape index (κ2) is 2.92. The average molecular weight is 195 g/mol. The molecule has 3 aromatic rings. The minimum Gasteiger partial charge on any atom is -0.399 e. The molecular formula is C12H9N3. The molecule has 72 valence electrons. The van der Waals surface area contributed by atoms with Crippen LogP contribution in [0.15, 0.2) is 42.7 Å². The van der Waals surface area contributed by atoms with E-state index < -0.39 is 0 Å². The Morgan fingerprint density at radius 3 is 2.93 bits per heavy atom. The number of aromatic nitrogens is 2. The summed E-state index contributed by atoms with van der Waals surface area (Å²) in [7, 11) is 0. The molecule has 0 saturated heterocycles. The number of pyridine rings is 2. The average Bonchev–Trinajstić information content (AvgIpc) is 2.28.